The highest BCUT2D eigenvalue weighted by molar-refractivity contribution is 5.50. The van der Waals surface area contributed by atoms with Crippen LogP contribution in [0.1, 0.15) is 90.7 Å². The Labute approximate surface area is 196 Å². The van der Waals surface area contributed by atoms with Crippen LogP contribution in [0.2, 0.25) is 0 Å². The molecule has 1 nitrogen and oxygen atoms in total. The van der Waals surface area contributed by atoms with Crippen LogP contribution in [0.15, 0.2) is 47.1 Å². The number of aryl methyl sites for hydroxylation is 1. The molecule has 1 saturated carbocycles. The highest BCUT2D eigenvalue weighted by Gasteiger charge is 2.57. The van der Waals surface area contributed by atoms with Gasteiger partial charge >= 0.3 is 0 Å². The zero-order valence-corrected chi connectivity index (χ0v) is 21.3. The third kappa shape index (κ3) is 3.21. The van der Waals surface area contributed by atoms with Gasteiger partial charge in [0.15, 0.2) is 0 Å². The first kappa shape index (κ1) is 22.5. The fourth-order valence-electron chi connectivity index (χ4n) is 8.93. The van der Waals surface area contributed by atoms with Crippen molar-refractivity contribution in [3.63, 3.8) is 0 Å². The van der Waals surface area contributed by atoms with E-state index in [-0.39, 0.29) is 16.9 Å². The summed E-state index contributed by atoms with van der Waals surface area (Å²) >= 11 is 0. The lowest BCUT2D eigenvalue weighted by atomic mass is 9.46. The van der Waals surface area contributed by atoms with Crippen molar-refractivity contribution in [3.05, 3.63) is 58.2 Å². The third-order valence-electron chi connectivity index (χ3n) is 10.8. The fourth-order valence-corrected chi connectivity index (χ4v) is 8.93. The van der Waals surface area contributed by atoms with Crippen LogP contribution in [-0.2, 0) is 6.42 Å². The number of hydrogen-bond acceptors (Lipinski definition) is 1. The van der Waals surface area contributed by atoms with Crippen LogP contribution in [0.3, 0.4) is 0 Å². The predicted molar refractivity (Wildman–Crippen MR) is 134 cm³/mol. The van der Waals surface area contributed by atoms with E-state index in [1.54, 1.807) is 16.7 Å². The Balaban J connectivity index is 1.43. The molecule has 0 amide bonds. The van der Waals surface area contributed by atoms with Crippen molar-refractivity contribution >= 4 is 0 Å². The smallest absolute Gasteiger partial charge is 0.0594 e. The molecule has 32 heavy (non-hydrogen) atoms. The summed E-state index contributed by atoms with van der Waals surface area (Å²) < 4.78 is 0. The van der Waals surface area contributed by atoms with Gasteiger partial charge in [-0.1, -0.05) is 76.1 Å². The number of benzene rings is 1. The standard InChI is InChI=1S/C31H44O/c1-20-8-7-9-22(18-20)19-21(2)24-11-12-25-23-10-13-27-29(3,4)28(32)15-17-31(27,6)26(23)14-16-30(24,25)5/h7-9,12,18,21,24,27-28,32H,10-11,13-17,19H2,1-6H3/t21-,24-,27?,28+,30-,31-/m1/s1. The number of allylic oxidation sites excluding steroid dienone is 4. The molecule has 1 aromatic rings. The van der Waals surface area contributed by atoms with E-state index < -0.39 is 0 Å². The zero-order chi connectivity index (χ0) is 22.9. The van der Waals surface area contributed by atoms with Crippen LogP contribution >= 0.6 is 0 Å². The van der Waals surface area contributed by atoms with Gasteiger partial charge in [-0.05, 0) is 109 Å². The summed E-state index contributed by atoms with van der Waals surface area (Å²) in [6.07, 6.45) is 12.1. The second-order valence-electron chi connectivity index (χ2n) is 12.9. The van der Waals surface area contributed by atoms with Gasteiger partial charge in [-0.15, -0.1) is 0 Å². The maximum atomic E-state index is 10.8. The van der Waals surface area contributed by atoms with Gasteiger partial charge in [-0.2, -0.15) is 0 Å². The molecule has 6 atom stereocenters. The predicted octanol–water partition coefficient (Wildman–Crippen LogP) is 7.81. The van der Waals surface area contributed by atoms with E-state index in [9.17, 15) is 5.11 Å². The third-order valence-corrected chi connectivity index (χ3v) is 10.8. The molecule has 0 heterocycles. The maximum absolute atomic E-state index is 10.8. The molecular weight excluding hydrogens is 388 g/mol. The number of aliphatic hydroxyl groups is 1. The van der Waals surface area contributed by atoms with Gasteiger partial charge in [0.1, 0.15) is 0 Å². The number of fused-ring (bicyclic) bond motifs is 4. The van der Waals surface area contributed by atoms with Crippen LogP contribution in [-0.4, -0.2) is 11.2 Å². The summed E-state index contributed by atoms with van der Waals surface area (Å²) in [7, 11) is 0. The second kappa shape index (κ2) is 7.59. The Morgan fingerprint density at radius 2 is 1.81 bits per heavy atom. The van der Waals surface area contributed by atoms with E-state index in [0.29, 0.717) is 17.3 Å². The highest BCUT2D eigenvalue weighted by atomic mass is 16.3. The minimum atomic E-state index is -0.144. The summed E-state index contributed by atoms with van der Waals surface area (Å²) in [6.45, 7) is 14.5. The van der Waals surface area contributed by atoms with Crippen molar-refractivity contribution in [1.29, 1.82) is 0 Å². The average molecular weight is 433 g/mol. The minimum Gasteiger partial charge on any atom is -0.393 e. The molecule has 1 fully saturated rings. The van der Waals surface area contributed by atoms with Crippen molar-refractivity contribution in [2.45, 2.75) is 99.0 Å². The Morgan fingerprint density at radius 3 is 2.56 bits per heavy atom. The van der Waals surface area contributed by atoms with E-state index in [0.717, 1.165) is 18.8 Å². The minimum absolute atomic E-state index is 0.0290. The lowest BCUT2D eigenvalue weighted by Gasteiger charge is -2.59. The normalized spacial score (nSPS) is 39.1. The molecule has 0 aliphatic heterocycles. The summed E-state index contributed by atoms with van der Waals surface area (Å²) in [5.41, 5.74) is 8.79. The van der Waals surface area contributed by atoms with Crippen molar-refractivity contribution in [2.24, 2.45) is 34.0 Å². The van der Waals surface area contributed by atoms with E-state index in [1.165, 1.54) is 49.7 Å². The van der Waals surface area contributed by atoms with Gasteiger partial charge in [0, 0.05) is 0 Å². The molecule has 0 bridgehead atoms. The maximum Gasteiger partial charge on any atom is 0.0594 e. The number of aliphatic hydroxyl groups excluding tert-OH is 1. The first-order valence-corrected chi connectivity index (χ1v) is 13.2. The molecule has 0 saturated heterocycles. The number of rotatable bonds is 3. The monoisotopic (exact) mass is 432 g/mol. The fraction of sp³-hybridized carbons (Fsp3) is 0.677. The van der Waals surface area contributed by atoms with Gasteiger partial charge in [-0.3, -0.25) is 0 Å². The van der Waals surface area contributed by atoms with Crippen LogP contribution < -0.4 is 0 Å². The van der Waals surface area contributed by atoms with Crippen molar-refractivity contribution in [1.82, 2.24) is 0 Å². The van der Waals surface area contributed by atoms with Gasteiger partial charge in [0.05, 0.1) is 6.10 Å². The Hall–Kier alpha value is -1.34. The lowest BCUT2D eigenvalue weighted by molar-refractivity contribution is -0.0905. The van der Waals surface area contributed by atoms with Gasteiger partial charge in [0.2, 0.25) is 0 Å². The topological polar surface area (TPSA) is 20.2 Å². The van der Waals surface area contributed by atoms with E-state index >= 15 is 0 Å². The van der Waals surface area contributed by atoms with Crippen LogP contribution in [0.5, 0.6) is 0 Å². The molecule has 174 valence electrons. The van der Waals surface area contributed by atoms with E-state index in [4.69, 9.17) is 0 Å². The largest absolute Gasteiger partial charge is 0.393 e. The molecular formula is C31H44O. The highest BCUT2D eigenvalue weighted by Crippen LogP contribution is 2.66. The molecule has 1 N–H and O–H groups in total. The molecule has 4 aliphatic rings. The molecule has 5 rings (SSSR count). The summed E-state index contributed by atoms with van der Waals surface area (Å²) in [6, 6.07) is 9.13. The Morgan fingerprint density at radius 1 is 1.03 bits per heavy atom. The molecule has 1 aromatic carbocycles. The summed E-state index contributed by atoms with van der Waals surface area (Å²) in [5, 5.41) is 10.8. The first-order valence-electron chi connectivity index (χ1n) is 13.2. The molecule has 0 spiro atoms. The van der Waals surface area contributed by atoms with E-state index in [1.807, 2.05) is 0 Å². The SMILES string of the molecule is Cc1cccc(C[C@@H](C)[C@H]2CC=C3C4=C(CC[C@@]32C)[C@@]2(C)CC[C@H](O)C(C)(C)C2CC4)c1. The van der Waals surface area contributed by atoms with Gasteiger partial charge < -0.3 is 5.11 Å². The van der Waals surface area contributed by atoms with Crippen molar-refractivity contribution in [3.8, 4) is 0 Å². The Bertz CT molecular complexity index is 964. The first-order chi connectivity index (χ1) is 15.1. The average Bonchev–Trinajstić information content (AvgIpc) is 3.08. The summed E-state index contributed by atoms with van der Waals surface area (Å²) in [4.78, 5) is 0. The molecule has 0 radical (unpaired) electrons. The van der Waals surface area contributed by atoms with Crippen LogP contribution in [0.25, 0.3) is 0 Å². The van der Waals surface area contributed by atoms with Crippen molar-refractivity contribution in [2.75, 3.05) is 0 Å². The molecule has 1 unspecified atom stereocenters. The zero-order valence-electron chi connectivity index (χ0n) is 21.3. The quantitative estimate of drug-likeness (QED) is 0.516. The van der Waals surface area contributed by atoms with Gasteiger partial charge in [0.25, 0.3) is 0 Å². The van der Waals surface area contributed by atoms with E-state index in [2.05, 4.69) is 71.9 Å². The lowest BCUT2D eigenvalue weighted by Crippen LogP contribution is -2.53. The number of hydrogen-bond donors (Lipinski definition) is 1. The molecule has 4 aliphatic carbocycles. The Kier molecular flexibility index (Phi) is 5.32. The summed E-state index contributed by atoms with van der Waals surface area (Å²) in [5.74, 6) is 2.07. The van der Waals surface area contributed by atoms with Crippen molar-refractivity contribution < 1.29 is 5.11 Å². The van der Waals surface area contributed by atoms with Crippen LogP contribution in [0.4, 0.5) is 0 Å². The second-order valence-corrected chi connectivity index (χ2v) is 12.9. The molecule has 1 heteroatoms. The molecule has 0 aromatic heterocycles. The van der Waals surface area contributed by atoms with Gasteiger partial charge in [-0.25, -0.2) is 0 Å². The van der Waals surface area contributed by atoms with Crippen LogP contribution in [0, 0.1) is 40.9 Å².